The van der Waals surface area contributed by atoms with Crippen molar-refractivity contribution < 1.29 is 18.0 Å². The highest BCUT2D eigenvalue weighted by atomic mass is 32.2. The average Bonchev–Trinajstić information content (AvgIpc) is 2.91. The summed E-state index contributed by atoms with van der Waals surface area (Å²) in [7, 11) is -0.0295. The van der Waals surface area contributed by atoms with Crippen LogP contribution in [0.5, 0.6) is 0 Å². The van der Waals surface area contributed by atoms with Gasteiger partial charge in [-0.1, -0.05) is 0 Å². The van der Waals surface area contributed by atoms with Gasteiger partial charge in [0.05, 0.1) is 33.6 Å². The minimum Gasteiger partial charge on any atom is -0.365 e. The monoisotopic (exact) mass is 558 g/mol. The summed E-state index contributed by atoms with van der Waals surface area (Å²) in [5.74, 6) is -0.655. The molecule has 4 rings (SSSR count). The predicted octanol–water partition coefficient (Wildman–Crippen LogP) is -1.29. The van der Waals surface area contributed by atoms with Crippen molar-refractivity contribution in [2.45, 2.75) is 18.7 Å². The average molecular weight is 559 g/mol. The van der Waals surface area contributed by atoms with Crippen molar-refractivity contribution in [1.29, 1.82) is 0 Å². The molecule has 0 aliphatic carbocycles. The molecule has 1 aliphatic heterocycles. The Bertz CT molecular complexity index is 1720. The molecule has 1 saturated heterocycles. The first-order chi connectivity index (χ1) is 18.2. The molecular weight excluding hydrogens is 528 g/mol. The predicted molar refractivity (Wildman–Crippen MR) is 143 cm³/mol. The summed E-state index contributed by atoms with van der Waals surface area (Å²) in [6.45, 7) is 4.33. The maximum Gasteiger partial charge on any atom is 0.330 e. The fourth-order valence-electron chi connectivity index (χ4n) is 4.57. The van der Waals surface area contributed by atoms with E-state index in [-0.39, 0.29) is 23.4 Å². The smallest absolute Gasteiger partial charge is 0.330 e. The first-order valence-electron chi connectivity index (χ1n) is 12.1. The van der Waals surface area contributed by atoms with Crippen LogP contribution in [0.25, 0.3) is 10.9 Å². The second-order valence-electron chi connectivity index (χ2n) is 9.49. The van der Waals surface area contributed by atoms with Gasteiger partial charge in [0.25, 0.3) is 11.5 Å². The molecule has 2 aromatic heterocycles. The van der Waals surface area contributed by atoms with E-state index in [1.165, 1.54) is 48.8 Å². The Kier molecular flexibility index (Phi) is 7.32. The number of likely N-dealkylation sites (N-methyl/N-ethyl adjacent to an activating group) is 1. The van der Waals surface area contributed by atoms with Crippen LogP contribution in [-0.4, -0.2) is 88.5 Å². The molecular formula is C24H30N8O6S. The largest absolute Gasteiger partial charge is 0.365 e. The van der Waals surface area contributed by atoms with Crippen LogP contribution in [0.1, 0.15) is 21.6 Å². The lowest BCUT2D eigenvalue weighted by atomic mass is 10.1. The molecule has 39 heavy (non-hydrogen) atoms. The summed E-state index contributed by atoms with van der Waals surface area (Å²) in [5.41, 5.74) is 6.27. The molecule has 0 spiro atoms. The van der Waals surface area contributed by atoms with Crippen LogP contribution in [0.3, 0.4) is 0 Å². The number of fused-ring (bicyclic) bond motifs is 1. The number of carbonyl (C=O) groups excluding carboxylic acids is 2. The minimum atomic E-state index is -4.12. The normalized spacial score (nSPS) is 14.3. The maximum absolute atomic E-state index is 13.3. The third-order valence-electron chi connectivity index (χ3n) is 7.12. The Morgan fingerprint density at radius 2 is 1.67 bits per heavy atom. The molecule has 2 N–H and O–H groups in total. The van der Waals surface area contributed by atoms with E-state index < -0.39 is 39.6 Å². The number of amides is 2. The molecule has 15 heteroatoms. The van der Waals surface area contributed by atoms with Crippen LogP contribution < -0.4 is 21.9 Å². The van der Waals surface area contributed by atoms with Gasteiger partial charge < -0.3 is 15.5 Å². The third-order valence-corrected chi connectivity index (χ3v) is 8.92. The maximum atomic E-state index is 13.3. The summed E-state index contributed by atoms with van der Waals surface area (Å²) in [4.78, 5) is 53.0. The van der Waals surface area contributed by atoms with Crippen molar-refractivity contribution in [1.82, 2.24) is 28.5 Å². The molecule has 0 unspecified atom stereocenters. The first-order valence-corrected chi connectivity index (χ1v) is 13.5. The quantitative estimate of drug-likeness (QED) is 0.386. The zero-order valence-electron chi connectivity index (χ0n) is 22.3. The van der Waals surface area contributed by atoms with E-state index in [2.05, 4.69) is 10.2 Å². The van der Waals surface area contributed by atoms with Gasteiger partial charge in [-0.15, -0.1) is 5.10 Å². The number of nitrogens with two attached hydrogens (primary N) is 1. The SMILES string of the molecule is Cc1nnc(N2CCN(C(=O)CN(C)S(=O)(=O)c3ccc4c(c3)c(=O)n(C)c(=O)n4C)CC2)c(C(N)=O)c1C. The van der Waals surface area contributed by atoms with Crippen LogP contribution >= 0.6 is 0 Å². The number of benzene rings is 1. The number of hydrogen-bond donors (Lipinski definition) is 1. The number of rotatable bonds is 6. The van der Waals surface area contributed by atoms with E-state index in [9.17, 15) is 27.6 Å². The lowest BCUT2D eigenvalue weighted by Crippen LogP contribution is -2.52. The summed E-state index contributed by atoms with van der Waals surface area (Å²) in [6, 6.07) is 3.92. The fourth-order valence-corrected chi connectivity index (χ4v) is 5.72. The molecule has 1 aromatic carbocycles. The number of sulfonamides is 1. The molecule has 3 aromatic rings. The lowest BCUT2D eigenvalue weighted by molar-refractivity contribution is -0.131. The molecule has 3 heterocycles. The van der Waals surface area contributed by atoms with Crippen LogP contribution in [0, 0.1) is 13.8 Å². The van der Waals surface area contributed by atoms with E-state index in [0.717, 1.165) is 8.87 Å². The van der Waals surface area contributed by atoms with Gasteiger partial charge >= 0.3 is 5.69 Å². The molecule has 0 saturated carbocycles. The van der Waals surface area contributed by atoms with Crippen molar-refractivity contribution in [3.63, 3.8) is 0 Å². The number of primary amides is 1. The molecule has 0 radical (unpaired) electrons. The Hall–Kier alpha value is -4.11. The van der Waals surface area contributed by atoms with Crippen molar-refractivity contribution in [3.05, 3.63) is 55.9 Å². The second-order valence-corrected chi connectivity index (χ2v) is 11.5. The molecule has 208 valence electrons. The van der Waals surface area contributed by atoms with Crippen LogP contribution in [0.4, 0.5) is 5.82 Å². The standard InChI is InChI=1S/C24H30N8O6S/c1-14-15(2)26-27-22(20(14)21(25)34)32-10-8-31(9-11-32)19(33)13-28(3)39(37,38)16-6-7-18-17(12-16)23(35)30(5)24(36)29(18)4/h6-7,12H,8-11,13H2,1-5H3,(H2,25,34). The van der Waals surface area contributed by atoms with Crippen molar-refractivity contribution in [2.75, 3.05) is 44.7 Å². The first kappa shape index (κ1) is 27.9. The molecule has 1 aliphatic rings. The molecule has 2 amide bonds. The van der Waals surface area contributed by atoms with Gasteiger partial charge in [-0.3, -0.25) is 23.5 Å². The van der Waals surface area contributed by atoms with E-state index in [1.807, 2.05) is 4.90 Å². The number of nitrogens with zero attached hydrogens (tertiary/aromatic N) is 7. The van der Waals surface area contributed by atoms with Crippen molar-refractivity contribution >= 4 is 38.6 Å². The number of anilines is 1. The Balaban J connectivity index is 1.49. The van der Waals surface area contributed by atoms with Gasteiger partial charge in [0.2, 0.25) is 15.9 Å². The van der Waals surface area contributed by atoms with Gasteiger partial charge in [-0.25, -0.2) is 13.2 Å². The van der Waals surface area contributed by atoms with Gasteiger partial charge in [-0.05, 0) is 37.6 Å². The van der Waals surface area contributed by atoms with E-state index in [4.69, 9.17) is 5.73 Å². The second kappa shape index (κ2) is 10.2. The highest BCUT2D eigenvalue weighted by Crippen LogP contribution is 2.23. The summed E-state index contributed by atoms with van der Waals surface area (Å²) in [5, 5.41) is 8.32. The van der Waals surface area contributed by atoms with E-state index in [1.54, 1.807) is 13.8 Å². The number of aryl methyl sites for hydroxylation is 2. The van der Waals surface area contributed by atoms with Crippen LogP contribution in [-0.2, 0) is 28.9 Å². The van der Waals surface area contributed by atoms with Crippen LogP contribution in [0.15, 0.2) is 32.7 Å². The van der Waals surface area contributed by atoms with Gasteiger partial charge in [-0.2, -0.15) is 9.40 Å². The summed E-state index contributed by atoms with van der Waals surface area (Å²) < 4.78 is 29.6. The Labute approximate surface area is 224 Å². The number of hydrogen-bond acceptors (Lipinski definition) is 9. The topological polar surface area (TPSA) is 174 Å². The van der Waals surface area contributed by atoms with Crippen LogP contribution in [0.2, 0.25) is 0 Å². The van der Waals surface area contributed by atoms with E-state index >= 15 is 0 Å². The molecule has 0 atom stereocenters. The molecule has 0 bridgehead atoms. The summed E-state index contributed by atoms with van der Waals surface area (Å²) in [6.07, 6.45) is 0. The zero-order valence-corrected chi connectivity index (χ0v) is 23.1. The zero-order chi connectivity index (χ0) is 28.8. The van der Waals surface area contributed by atoms with Crippen molar-refractivity contribution in [3.8, 4) is 0 Å². The Morgan fingerprint density at radius 1 is 1.03 bits per heavy atom. The van der Waals surface area contributed by atoms with E-state index in [0.29, 0.717) is 41.2 Å². The van der Waals surface area contributed by atoms with Crippen molar-refractivity contribution in [2.24, 2.45) is 19.8 Å². The highest BCUT2D eigenvalue weighted by molar-refractivity contribution is 7.89. The molecule has 1 fully saturated rings. The number of aromatic nitrogens is 4. The Morgan fingerprint density at radius 3 is 2.28 bits per heavy atom. The molecule has 14 nitrogen and oxygen atoms in total. The third kappa shape index (κ3) is 4.90. The van der Waals surface area contributed by atoms with Gasteiger partial charge in [0.1, 0.15) is 0 Å². The number of carbonyl (C=O) groups is 2. The minimum absolute atomic E-state index is 0.0706. The number of piperazine rings is 1. The van der Waals surface area contributed by atoms with Gasteiger partial charge in [0, 0.05) is 47.3 Å². The lowest BCUT2D eigenvalue weighted by Gasteiger charge is -2.36. The fraction of sp³-hybridized carbons (Fsp3) is 0.417. The summed E-state index contributed by atoms with van der Waals surface area (Å²) >= 11 is 0. The highest BCUT2D eigenvalue weighted by Gasteiger charge is 2.30. The van der Waals surface area contributed by atoms with Gasteiger partial charge in [0.15, 0.2) is 5.82 Å².